The molecule has 3 nitrogen and oxygen atoms in total. The molecule has 0 aliphatic rings. The Morgan fingerprint density at radius 3 is 3.10 bits per heavy atom. The zero-order chi connectivity index (χ0) is 7.14. The van der Waals surface area contributed by atoms with E-state index in [9.17, 15) is 0 Å². The van der Waals surface area contributed by atoms with Crippen molar-refractivity contribution in [1.29, 1.82) is 0 Å². The van der Waals surface area contributed by atoms with Crippen LogP contribution in [0.5, 0.6) is 0 Å². The van der Waals surface area contributed by atoms with Crippen molar-refractivity contribution in [3.05, 3.63) is 11.2 Å². The number of fused-ring (bicyclic) bond motifs is 1. The van der Waals surface area contributed by atoms with E-state index >= 15 is 0 Å². The Balaban J connectivity index is 2.98. The molecule has 0 saturated heterocycles. The molecule has 2 aromatic heterocycles. The van der Waals surface area contributed by atoms with Gasteiger partial charge in [-0.25, -0.2) is 4.98 Å². The van der Waals surface area contributed by atoms with Crippen LogP contribution in [0.3, 0.4) is 0 Å². The average Bonchev–Trinajstić information content (AvgIpc) is 2.39. The summed E-state index contributed by atoms with van der Waals surface area (Å²) in [5.41, 5.74) is 3.89. The third-order valence-electron chi connectivity index (χ3n) is 1.49. The molecule has 0 saturated carbocycles. The van der Waals surface area contributed by atoms with Crippen molar-refractivity contribution < 1.29 is 0 Å². The van der Waals surface area contributed by atoms with Gasteiger partial charge in [0.2, 0.25) is 0 Å². The van der Waals surface area contributed by atoms with Gasteiger partial charge in [0, 0.05) is 7.05 Å². The van der Waals surface area contributed by atoms with Crippen LogP contribution in [-0.2, 0) is 7.05 Å². The van der Waals surface area contributed by atoms with Gasteiger partial charge in [-0.2, -0.15) is 5.10 Å². The first-order chi connectivity index (χ1) is 4.79. The van der Waals surface area contributed by atoms with Crippen LogP contribution in [0.15, 0.2) is 5.51 Å². The maximum Gasteiger partial charge on any atom is 0.141 e. The summed E-state index contributed by atoms with van der Waals surface area (Å²) in [5, 5.41) is 4.21. The average molecular weight is 153 g/mol. The van der Waals surface area contributed by atoms with Gasteiger partial charge in [-0.15, -0.1) is 11.3 Å². The fourth-order valence-corrected chi connectivity index (χ4v) is 1.80. The minimum absolute atomic E-state index is 1.01. The number of rotatable bonds is 0. The Hall–Kier alpha value is -0.900. The van der Waals surface area contributed by atoms with Crippen LogP contribution < -0.4 is 0 Å². The lowest BCUT2D eigenvalue weighted by Crippen LogP contribution is -1.87. The fraction of sp³-hybridized carbons (Fsp3) is 0.333. The van der Waals surface area contributed by atoms with Gasteiger partial charge in [0.15, 0.2) is 0 Å². The molecular formula is C6H7N3S. The summed E-state index contributed by atoms with van der Waals surface area (Å²) < 4.78 is 1.86. The van der Waals surface area contributed by atoms with Crippen LogP contribution in [-0.4, -0.2) is 14.8 Å². The second kappa shape index (κ2) is 1.79. The Kier molecular flexibility index (Phi) is 1.05. The standard InChI is InChI=1S/C6H7N3S/c1-4-5-6(9(2)8-4)10-3-7-5/h3H,1-2H3. The summed E-state index contributed by atoms with van der Waals surface area (Å²) >= 11 is 1.62. The lowest BCUT2D eigenvalue weighted by Gasteiger charge is -1.83. The van der Waals surface area contributed by atoms with E-state index in [0.717, 1.165) is 16.0 Å². The zero-order valence-corrected chi connectivity index (χ0v) is 6.64. The highest BCUT2D eigenvalue weighted by atomic mass is 32.1. The lowest BCUT2D eigenvalue weighted by molar-refractivity contribution is 0.788. The Morgan fingerprint density at radius 2 is 2.40 bits per heavy atom. The zero-order valence-electron chi connectivity index (χ0n) is 5.83. The lowest BCUT2D eigenvalue weighted by atomic mass is 10.4. The molecular weight excluding hydrogens is 146 g/mol. The second-order valence-corrected chi connectivity index (χ2v) is 3.05. The maximum absolute atomic E-state index is 4.21. The van der Waals surface area contributed by atoms with Gasteiger partial charge < -0.3 is 0 Å². The Labute approximate surface area is 62.3 Å². The fourth-order valence-electron chi connectivity index (χ4n) is 1.04. The molecule has 4 heteroatoms. The smallest absolute Gasteiger partial charge is 0.141 e. The number of aromatic nitrogens is 3. The molecule has 0 atom stereocenters. The van der Waals surface area contributed by atoms with Crippen LogP contribution in [0, 0.1) is 6.92 Å². The first-order valence-corrected chi connectivity index (χ1v) is 3.90. The molecule has 0 bridgehead atoms. The van der Waals surface area contributed by atoms with Crippen molar-refractivity contribution in [1.82, 2.24) is 14.8 Å². The summed E-state index contributed by atoms with van der Waals surface area (Å²) in [5.74, 6) is 0. The summed E-state index contributed by atoms with van der Waals surface area (Å²) in [6.07, 6.45) is 0. The van der Waals surface area contributed by atoms with Crippen molar-refractivity contribution in [2.75, 3.05) is 0 Å². The van der Waals surface area contributed by atoms with Gasteiger partial charge in [-0.05, 0) is 6.92 Å². The molecule has 0 spiro atoms. The van der Waals surface area contributed by atoms with Crippen LogP contribution in [0.25, 0.3) is 10.3 Å². The Bertz CT molecular complexity index is 328. The van der Waals surface area contributed by atoms with E-state index in [0.29, 0.717) is 0 Å². The van der Waals surface area contributed by atoms with Gasteiger partial charge in [0.05, 0.1) is 11.2 Å². The van der Waals surface area contributed by atoms with Crippen molar-refractivity contribution >= 4 is 21.7 Å². The first kappa shape index (κ1) is 5.85. The SMILES string of the molecule is Cc1nn(C)c2scnc12. The third-order valence-corrected chi connectivity index (χ3v) is 2.38. The van der Waals surface area contributed by atoms with Crippen LogP contribution in [0.4, 0.5) is 0 Å². The van der Waals surface area contributed by atoms with E-state index < -0.39 is 0 Å². The van der Waals surface area contributed by atoms with Crippen molar-refractivity contribution in [2.24, 2.45) is 7.05 Å². The molecule has 0 amide bonds. The molecule has 0 aliphatic carbocycles. The summed E-state index contributed by atoms with van der Waals surface area (Å²) in [7, 11) is 1.94. The molecule has 0 N–H and O–H groups in total. The number of aryl methyl sites for hydroxylation is 2. The minimum atomic E-state index is 1.01. The van der Waals surface area contributed by atoms with E-state index in [-0.39, 0.29) is 0 Å². The summed E-state index contributed by atoms with van der Waals surface area (Å²) in [6.45, 7) is 1.97. The summed E-state index contributed by atoms with van der Waals surface area (Å²) in [6, 6.07) is 0. The van der Waals surface area contributed by atoms with E-state index in [4.69, 9.17) is 0 Å². The van der Waals surface area contributed by atoms with Gasteiger partial charge in [0.1, 0.15) is 10.3 Å². The molecule has 0 unspecified atom stereocenters. The van der Waals surface area contributed by atoms with Crippen molar-refractivity contribution in [3.8, 4) is 0 Å². The predicted molar refractivity (Wildman–Crippen MR) is 41.1 cm³/mol. The minimum Gasteiger partial charge on any atom is -0.256 e. The molecule has 0 radical (unpaired) electrons. The highest BCUT2D eigenvalue weighted by Crippen LogP contribution is 2.18. The van der Waals surface area contributed by atoms with E-state index in [1.165, 1.54) is 0 Å². The van der Waals surface area contributed by atoms with E-state index in [1.807, 2.05) is 24.2 Å². The predicted octanol–water partition coefficient (Wildman–Crippen LogP) is 1.34. The van der Waals surface area contributed by atoms with Crippen LogP contribution >= 0.6 is 11.3 Å². The molecule has 0 aromatic carbocycles. The molecule has 2 heterocycles. The van der Waals surface area contributed by atoms with Crippen LogP contribution in [0.1, 0.15) is 5.69 Å². The number of thiazole rings is 1. The number of hydrogen-bond acceptors (Lipinski definition) is 3. The van der Waals surface area contributed by atoms with Gasteiger partial charge in [0.25, 0.3) is 0 Å². The second-order valence-electron chi connectivity index (χ2n) is 2.22. The molecule has 52 valence electrons. The third kappa shape index (κ3) is 0.593. The largest absolute Gasteiger partial charge is 0.256 e. The normalized spacial score (nSPS) is 11.0. The van der Waals surface area contributed by atoms with Crippen molar-refractivity contribution in [2.45, 2.75) is 6.92 Å². The van der Waals surface area contributed by atoms with Gasteiger partial charge in [-0.3, -0.25) is 4.68 Å². The highest BCUT2D eigenvalue weighted by Gasteiger charge is 2.05. The maximum atomic E-state index is 4.21. The topological polar surface area (TPSA) is 30.7 Å². The number of hydrogen-bond donors (Lipinski definition) is 0. The van der Waals surface area contributed by atoms with E-state index in [1.54, 1.807) is 11.3 Å². The highest BCUT2D eigenvalue weighted by molar-refractivity contribution is 7.16. The summed E-state index contributed by atoms with van der Waals surface area (Å²) in [4.78, 5) is 5.32. The number of nitrogens with zero attached hydrogens (tertiary/aromatic N) is 3. The molecule has 10 heavy (non-hydrogen) atoms. The molecule has 0 aliphatic heterocycles. The quantitative estimate of drug-likeness (QED) is 0.571. The van der Waals surface area contributed by atoms with E-state index in [2.05, 4.69) is 10.1 Å². The molecule has 0 fully saturated rings. The first-order valence-electron chi connectivity index (χ1n) is 3.02. The van der Waals surface area contributed by atoms with Crippen molar-refractivity contribution in [3.63, 3.8) is 0 Å². The Morgan fingerprint density at radius 1 is 1.60 bits per heavy atom. The molecule has 2 aromatic rings. The van der Waals surface area contributed by atoms with Gasteiger partial charge >= 0.3 is 0 Å². The monoisotopic (exact) mass is 153 g/mol. The molecule has 2 rings (SSSR count). The van der Waals surface area contributed by atoms with Crippen LogP contribution in [0.2, 0.25) is 0 Å². The van der Waals surface area contributed by atoms with Gasteiger partial charge in [-0.1, -0.05) is 0 Å².